The van der Waals surface area contributed by atoms with E-state index in [0.717, 1.165) is 41.3 Å². The largest absolute Gasteiger partial charge is 0.490 e. The lowest BCUT2D eigenvalue weighted by molar-refractivity contribution is -0.166. The third kappa shape index (κ3) is 5.75. The van der Waals surface area contributed by atoms with Gasteiger partial charge in [-0.05, 0) is 55.0 Å². The Morgan fingerprint density at radius 1 is 1.19 bits per heavy atom. The van der Waals surface area contributed by atoms with Crippen LogP contribution in [0.4, 0.5) is 24.5 Å². The number of nitrogens with zero attached hydrogens (tertiary/aromatic N) is 1. The molecular formula is C26H22ClF3N2O5. The number of aryl methyl sites for hydroxylation is 1. The molecule has 0 saturated heterocycles. The number of halogens is 4. The first-order valence-corrected chi connectivity index (χ1v) is 11.5. The fraction of sp³-hybridized carbons (Fsp3) is 0.231. The summed E-state index contributed by atoms with van der Waals surface area (Å²) in [5.74, 6) is -7.57. The van der Waals surface area contributed by atoms with Crippen molar-refractivity contribution in [3.63, 3.8) is 0 Å². The first-order valence-electron chi connectivity index (χ1n) is 11.1. The summed E-state index contributed by atoms with van der Waals surface area (Å²) in [6.45, 7) is 2.68. The zero-order valence-electron chi connectivity index (χ0n) is 19.7. The lowest BCUT2D eigenvalue weighted by Crippen LogP contribution is -2.41. The Labute approximate surface area is 215 Å². The van der Waals surface area contributed by atoms with Crippen LogP contribution in [0.2, 0.25) is 5.02 Å². The van der Waals surface area contributed by atoms with E-state index in [1.807, 2.05) is 37.1 Å². The molecule has 194 valence electrons. The van der Waals surface area contributed by atoms with Crippen molar-refractivity contribution in [3.8, 4) is 11.5 Å². The molecule has 4 rings (SSSR count). The van der Waals surface area contributed by atoms with Crippen LogP contribution in [0.1, 0.15) is 21.5 Å². The zero-order valence-corrected chi connectivity index (χ0v) is 20.5. The van der Waals surface area contributed by atoms with Crippen molar-refractivity contribution in [3.05, 3.63) is 82.1 Å². The second kappa shape index (κ2) is 10.2. The van der Waals surface area contributed by atoms with Crippen molar-refractivity contribution >= 4 is 34.9 Å². The number of aliphatic carboxylic acids is 1. The van der Waals surface area contributed by atoms with Crippen LogP contribution < -0.4 is 19.7 Å². The standard InChI is InChI=1S/C26H22ClF3N2O5/c1-14-3-6-23-22(7-14)32(2)12-19(37-23)13-36-18-4-5-20(21(28)11-18)24(33)31-17-9-15(8-16(27)10-17)26(29,30)25(34)35/h3-11,19H,12-13H2,1-2H3,(H,31,33)(H,34,35)/t19-/m0/s1. The molecule has 0 fully saturated rings. The van der Waals surface area contributed by atoms with Gasteiger partial charge >= 0.3 is 11.9 Å². The highest BCUT2D eigenvalue weighted by molar-refractivity contribution is 6.31. The lowest BCUT2D eigenvalue weighted by Gasteiger charge is -2.33. The number of carboxylic acids is 1. The maximum atomic E-state index is 14.7. The predicted molar refractivity (Wildman–Crippen MR) is 132 cm³/mol. The van der Waals surface area contributed by atoms with Gasteiger partial charge in [0.1, 0.15) is 30.0 Å². The highest BCUT2D eigenvalue weighted by Crippen LogP contribution is 2.34. The van der Waals surface area contributed by atoms with Gasteiger partial charge in [0.2, 0.25) is 0 Å². The first kappa shape index (κ1) is 26.2. The highest BCUT2D eigenvalue weighted by Gasteiger charge is 2.41. The first-order chi connectivity index (χ1) is 17.4. The molecular weight excluding hydrogens is 513 g/mol. The number of hydrogen-bond donors (Lipinski definition) is 2. The second-order valence-corrected chi connectivity index (χ2v) is 9.04. The van der Waals surface area contributed by atoms with Crippen LogP contribution in [0.5, 0.6) is 11.5 Å². The number of likely N-dealkylation sites (N-methyl/N-ethyl adjacent to an activating group) is 1. The minimum atomic E-state index is -4.23. The van der Waals surface area contributed by atoms with Gasteiger partial charge in [-0.1, -0.05) is 17.7 Å². The number of rotatable bonds is 7. The van der Waals surface area contributed by atoms with Crippen LogP contribution in [0.25, 0.3) is 0 Å². The maximum absolute atomic E-state index is 14.7. The molecule has 0 bridgehead atoms. The number of fused-ring (bicyclic) bond motifs is 1. The van der Waals surface area contributed by atoms with Gasteiger partial charge in [0.15, 0.2) is 0 Å². The van der Waals surface area contributed by atoms with Gasteiger partial charge in [-0.3, -0.25) is 4.79 Å². The summed E-state index contributed by atoms with van der Waals surface area (Å²) in [4.78, 5) is 25.5. The molecule has 1 atom stereocenters. The number of alkyl halides is 2. The fourth-order valence-electron chi connectivity index (χ4n) is 3.86. The van der Waals surface area contributed by atoms with E-state index in [9.17, 15) is 22.8 Å². The van der Waals surface area contributed by atoms with E-state index in [1.54, 1.807) is 0 Å². The molecule has 0 aliphatic carbocycles. The number of carbonyl (C=O) groups is 2. The van der Waals surface area contributed by atoms with Gasteiger partial charge in [-0.2, -0.15) is 8.78 Å². The van der Waals surface area contributed by atoms with E-state index >= 15 is 0 Å². The number of amides is 1. The third-order valence-corrected chi connectivity index (χ3v) is 5.92. The molecule has 0 saturated carbocycles. The Morgan fingerprint density at radius 2 is 1.95 bits per heavy atom. The number of ether oxygens (including phenoxy) is 2. The Hall–Kier alpha value is -3.92. The number of hydrogen-bond acceptors (Lipinski definition) is 5. The maximum Gasteiger partial charge on any atom is 0.379 e. The van der Waals surface area contributed by atoms with Crippen LogP contribution >= 0.6 is 11.6 Å². The molecule has 11 heteroatoms. The summed E-state index contributed by atoms with van der Waals surface area (Å²) in [5, 5.41) is 10.8. The molecule has 0 radical (unpaired) electrons. The van der Waals surface area contributed by atoms with E-state index in [4.69, 9.17) is 26.2 Å². The van der Waals surface area contributed by atoms with Crippen LogP contribution in [-0.4, -0.2) is 43.3 Å². The molecule has 3 aromatic carbocycles. The Kier molecular flexibility index (Phi) is 7.22. The number of benzene rings is 3. The Morgan fingerprint density at radius 3 is 2.65 bits per heavy atom. The number of carboxylic acid groups (broad SMARTS) is 1. The van der Waals surface area contributed by atoms with E-state index in [2.05, 4.69) is 5.32 Å². The molecule has 0 unspecified atom stereocenters. The molecule has 1 aliphatic heterocycles. The topological polar surface area (TPSA) is 88.1 Å². The van der Waals surface area contributed by atoms with Crippen LogP contribution in [0.3, 0.4) is 0 Å². The number of carbonyl (C=O) groups excluding carboxylic acids is 1. The van der Waals surface area contributed by atoms with Crippen LogP contribution in [0.15, 0.2) is 54.6 Å². The molecule has 3 aromatic rings. The smallest absolute Gasteiger partial charge is 0.379 e. The van der Waals surface area contributed by atoms with Crippen molar-refractivity contribution in [2.45, 2.75) is 19.0 Å². The minimum absolute atomic E-state index is 0.131. The van der Waals surface area contributed by atoms with E-state index < -0.39 is 29.2 Å². The molecule has 0 spiro atoms. The van der Waals surface area contributed by atoms with Gasteiger partial charge in [-0.15, -0.1) is 0 Å². The highest BCUT2D eigenvalue weighted by atomic mass is 35.5. The molecule has 2 N–H and O–H groups in total. The summed E-state index contributed by atoms with van der Waals surface area (Å²) in [6, 6.07) is 12.1. The normalized spacial score (nSPS) is 15.0. The van der Waals surface area contributed by atoms with Crippen molar-refractivity contribution < 1.29 is 37.3 Å². The predicted octanol–water partition coefficient (Wildman–Crippen LogP) is 5.49. The van der Waals surface area contributed by atoms with E-state index in [1.165, 1.54) is 12.1 Å². The van der Waals surface area contributed by atoms with Crippen molar-refractivity contribution in [2.75, 3.05) is 30.4 Å². The van der Waals surface area contributed by atoms with Crippen molar-refractivity contribution in [1.29, 1.82) is 0 Å². The van der Waals surface area contributed by atoms with Crippen LogP contribution in [-0.2, 0) is 10.7 Å². The van der Waals surface area contributed by atoms with Gasteiger partial charge in [0.25, 0.3) is 5.91 Å². The Balaban J connectivity index is 1.42. The fourth-order valence-corrected chi connectivity index (χ4v) is 4.09. The van der Waals surface area contributed by atoms with E-state index in [-0.39, 0.29) is 34.7 Å². The zero-order chi connectivity index (χ0) is 26.9. The summed E-state index contributed by atoms with van der Waals surface area (Å²) < 4.78 is 54.1. The molecule has 1 aliphatic rings. The SMILES string of the molecule is Cc1ccc2c(c1)N(C)C[C@@H](COc1ccc(C(=O)Nc3cc(Cl)cc(C(F)(F)C(=O)O)c3)c(F)c1)O2. The van der Waals surface area contributed by atoms with Crippen molar-refractivity contribution in [1.82, 2.24) is 0 Å². The quantitative estimate of drug-likeness (QED) is 0.417. The summed E-state index contributed by atoms with van der Waals surface area (Å²) in [5.41, 5.74) is 0.549. The molecule has 1 heterocycles. The average Bonchev–Trinajstić information content (AvgIpc) is 2.82. The van der Waals surface area contributed by atoms with E-state index in [0.29, 0.717) is 6.54 Å². The molecule has 37 heavy (non-hydrogen) atoms. The van der Waals surface area contributed by atoms with Gasteiger partial charge in [-0.25, -0.2) is 9.18 Å². The molecule has 7 nitrogen and oxygen atoms in total. The van der Waals surface area contributed by atoms with Crippen molar-refractivity contribution in [2.24, 2.45) is 0 Å². The lowest BCUT2D eigenvalue weighted by atomic mass is 10.1. The second-order valence-electron chi connectivity index (χ2n) is 8.61. The summed E-state index contributed by atoms with van der Waals surface area (Å²) >= 11 is 5.80. The minimum Gasteiger partial charge on any atom is -0.490 e. The monoisotopic (exact) mass is 534 g/mol. The third-order valence-electron chi connectivity index (χ3n) is 5.70. The molecule has 0 aromatic heterocycles. The van der Waals surface area contributed by atoms with Crippen LogP contribution in [0, 0.1) is 12.7 Å². The number of nitrogens with one attached hydrogen (secondary N) is 1. The summed E-state index contributed by atoms with van der Waals surface area (Å²) in [6.07, 6.45) is -0.313. The van der Waals surface area contributed by atoms with Gasteiger partial charge in [0, 0.05) is 29.4 Å². The summed E-state index contributed by atoms with van der Waals surface area (Å²) in [7, 11) is 1.94. The number of anilines is 2. The molecule has 1 amide bonds. The van der Waals surface area contributed by atoms with Gasteiger partial charge in [0.05, 0.1) is 17.8 Å². The average molecular weight is 535 g/mol. The Bertz CT molecular complexity index is 1370. The van der Waals surface area contributed by atoms with Gasteiger partial charge < -0.3 is 24.8 Å².